The lowest BCUT2D eigenvalue weighted by molar-refractivity contribution is -0.115. The maximum absolute atomic E-state index is 12.3. The molecule has 0 fully saturated rings. The first-order valence-electron chi connectivity index (χ1n) is 7.36. The third kappa shape index (κ3) is 3.63. The topological polar surface area (TPSA) is 54.9 Å². The Bertz CT molecular complexity index is 827. The Morgan fingerprint density at radius 3 is 2.65 bits per heavy atom. The average Bonchev–Trinajstić information content (AvgIpc) is 2.91. The molecule has 2 aromatic heterocycles. The van der Waals surface area contributed by atoms with Crippen LogP contribution in [0.2, 0.25) is 0 Å². The summed E-state index contributed by atoms with van der Waals surface area (Å²) in [5, 5.41) is 3.81. The van der Waals surface area contributed by atoms with Crippen molar-refractivity contribution in [1.82, 2.24) is 9.97 Å². The van der Waals surface area contributed by atoms with Crippen LogP contribution in [0.4, 0.5) is 5.69 Å². The molecule has 116 valence electrons. The molecule has 0 saturated carbocycles. The first kappa shape index (κ1) is 15.4. The van der Waals surface area contributed by atoms with Crippen molar-refractivity contribution in [2.75, 3.05) is 5.32 Å². The standard InChI is InChI=1S/C18H17N3OS/c1-12-7-3-4-8-14(12)21-17(22)11-16-13(2)20-18(23-16)15-9-5-6-10-19-15/h3-10H,11H2,1-2H3,(H,21,22). The van der Waals surface area contributed by atoms with E-state index in [9.17, 15) is 4.79 Å². The number of hydrogen-bond donors (Lipinski definition) is 1. The van der Waals surface area contributed by atoms with E-state index in [0.717, 1.165) is 32.5 Å². The van der Waals surface area contributed by atoms with Gasteiger partial charge >= 0.3 is 0 Å². The fourth-order valence-corrected chi connectivity index (χ4v) is 3.28. The molecule has 0 aliphatic carbocycles. The quantitative estimate of drug-likeness (QED) is 0.789. The molecule has 0 saturated heterocycles. The van der Waals surface area contributed by atoms with Crippen molar-refractivity contribution in [2.24, 2.45) is 0 Å². The van der Waals surface area contributed by atoms with Gasteiger partial charge in [0.2, 0.25) is 5.91 Å². The molecule has 0 bridgehead atoms. The van der Waals surface area contributed by atoms with Crippen molar-refractivity contribution in [3.05, 3.63) is 64.8 Å². The van der Waals surface area contributed by atoms with Gasteiger partial charge in [-0.3, -0.25) is 9.78 Å². The molecule has 5 heteroatoms. The van der Waals surface area contributed by atoms with Crippen molar-refractivity contribution in [2.45, 2.75) is 20.3 Å². The monoisotopic (exact) mass is 323 g/mol. The van der Waals surface area contributed by atoms with Crippen LogP contribution in [0.1, 0.15) is 16.1 Å². The van der Waals surface area contributed by atoms with Crippen LogP contribution < -0.4 is 5.32 Å². The van der Waals surface area contributed by atoms with E-state index in [0.29, 0.717) is 6.42 Å². The number of aryl methyl sites for hydroxylation is 2. The van der Waals surface area contributed by atoms with Gasteiger partial charge in [0.05, 0.1) is 17.8 Å². The number of nitrogens with one attached hydrogen (secondary N) is 1. The molecule has 3 rings (SSSR count). The molecule has 1 aromatic carbocycles. The highest BCUT2D eigenvalue weighted by Crippen LogP contribution is 2.27. The molecule has 0 aliphatic rings. The van der Waals surface area contributed by atoms with Crippen LogP contribution in [0.15, 0.2) is 48.7 Å². The lowest BCUT2D eigenvalue weighted by Crippen LogP contribution is -2.14. The van der Waals surface area contributed by atoms with Crippen LogP contribution in [0, 0.1) is 13.8 Å². The van der Waals surface area contributed by atoms with Crippen LogP contribution in [0.3, 0.4) is 0 Å². The number of rotatable bonds is 4. The summed E-state index contributed by atoms with van der Waals surface area (Å²) in [6, 6.07) is 13.5. The maximum Gasteiger partial charge on any atom is 0.229 e. The van der Waals surface area contributed by atoms with Gasteiger partial charge < -0.3 is 5.32 Å². The van der Waals surface area contributed by atoms with Crippen LogP contribution in [0.5, 0.6) is 0 Å². The number of anilines is 1. The summed E-state index contributed by atoms with van der Waals surface area (Å²) >= 11 is 1.52. The van der Waals surface area contributed by atoms with E-state index in [1.54, 1.807) is 6.20 Å². The lowest BCUT2D eigenvalue weighted by atomic mass is 10.2. The van der Waals surface area contributed by atoms with Gasteiger partial charge in [0.25, 0.3) is 0 Å². The van der Waals surface area contributed by atoms with Crippen molar-refractivity contribution in [1.29, 1.82) is 0 Å². The second-order valence-corrected chi connectivity index (χ2v) is 6.37. The summed E-state index contributed by atoms with van der Waals surface area (Å²) in [7, 11) is 0. The Balaban J connectivity index is 1.74. The molecular formula is C18H17N3OS. The van der Waals surface area contributed by atoms with Gasteiger partial charge in [-0.15, -0.1) is 11.3 Å². The number of nitrogens with zero attached hydrogens (tertiary/aromatic N) is 2. The number of aromatic nitrogens is 2. The van der Waals surface area contributed by atoms with E-state index in [1.165, 1.54) is 11.3 Å². The summed E-state index contributed by atoms with van der Waals surface area (Å²) < 4.78 is 0. The molecule has 0 atom stereocenters. The summed E-state index contributed by atoms with van der Waals surface area (Å²) in [5.41, 5.74) is 3.63. The highest BCUT2D eigenvalue weighted by atomic mass is 32.1. The SMILES string of the molecule is Cc1ccccc1NC(=O)Cc1sc(-c2ccccn2)nc1C. The zero-order chi connectivity index (χ0) is 16.2. The highest BCUT2D eigenvalue weighted by Gasteiger charge is 2.14. The minimum Gasteiger partial charge on any atom is -0.326 e. The first-order chi connectivity index (χ1) is 11.1. The number of pyridine rings is 1. The highest BCUT2D eigenvalue weighted by molar-refractivity contribution is 7.15. The number of benzene rings is 1. The zero-order valence-electron chi connectivity index (χ0n) is 13.0. The fourth-order valence-electron chi connectivity index (χ4n) is 2.24. The zero-order valence-corrected chi connectivity index (χ0v) is 13.9. The Morgan fingerprint density at radius 1 is 1.13 bits per heavy atom. The Hall–Kier alpha value is -2.53. The van der Waals surface area contributed by atoms with E-state index >= 15 is 0 Å². The fraction of sp³-hybridized carbons (Fsp3) is 0.167. The molecule has 1 N–H and O–H groups in total. The number of para-hydroxylation sites is 1. The van der Waals surface area contributed by atoms with Gasteiger partial charge in [0.15, 0.2) is 0 Å². The van der Waals surface area contributed by atoms with Crippen molar-refractivity contribution in [3.63, 3.8) is 0 Å². The van der Waals surface area contributed by atoms with Gasteiger partial charge in [0.1, 0.15) is 5.01 Å². The molecule has 2 heterocycles. The van der Waals surface area contributed by atoms with Gasteiger partial charge in [-0.2, -0.15) is 0 Å². The van der Waals surface area contributed by atoms with Gasteiger partial charge in [-0.1, -0.05) is 24.3 Å². The molecular weight excluding hydrogens is 306 g/mol. The molecule has 0 radical (unpaired) electrons. The lowest BCUT2D eigenvalue weighted by Gasteiger charge is -2.07. The van der Waals surface area contributed by atoms with E-state index in [-0.39, 0.29) is 5.91 Å². The Labute approximate surface area is 139 Å². The minimum atomic E-state index is -0.0291. The molecule has 0 spiro atoms. The summed E-state index contributed by atoms with van der Waals surface area (Å²) in [4.78, 5) is 22.1. The maximum atomic E-state index is 12.3. The molecule has 0 unspecified atom stereocenters. The van der Waals surface area contributed by atoms with Gasteiger partial charge in [-0.05, 0) is 37.6 Å². The molecule has 4 nitrogen and oxygen atoms in total. The largest absolute Gasteiger partial charge is 0.326 e. The summed E-state index contributed by atoms with van der Waals surface area (Å²) in [5.74, 6) is -0.0291. The van der Waals surface area contributed by atoms with Crippen LogP contribution in [0.25, 0.3) is 10.7 Å². The number of amides is 1. The summed E-state index contributed by atoms with van der Waals surface area (Å²) in [6.07, 6.45) is 2.07. The van der Waals surface area contributed by atoms with Crippen molar-refractivity contribution >= 4 is 22.9 Å². The minimum absolute atomic E-state index is 0.0291. The van der Waals surface area contributed by atoms with Crippen molar-refractivity contribution in [3.8, 4) is 10.7 Å². The van der Waals surface area contributed by atoms with E-state index in [2.05, 4.69) is 15.3 Å². The van der Waals surface area contributed by atoms with E-state index in [4.69, 9.17) is 0 Å². The Morgan fingerprint density at radius 2 is 1.91 bits per heavy atom. The predicted octanol–water partition coefficient (Wildman–Crippen LogP) is 4.00. The van der Waals surface area contributed by atoms with Crippen LogP contribution in [-0.2, 0) is 11.2 Å². The molecule has 1 amide bonds. The van der Waals surface area contributed by atoms with Crippen LogP contribution >= 0.6 is 11.3 Å². The third-order valence-electron chi connectivity index (χ3n) is 3.52. The normalized spacial score (nSPS) is 10.5. The number of carbonyl (C=O) groups excluding carboxylic acids is 1. The average molecular weight is 323 g/mol. The predicted molar refractivity (Wildman–Crippen MR) is 93.6 cm³/mol. The second kappa shape index (κ2) is 6.71. The molecule has 0 aliphatic heterocycles. The van der Waals surface area contributed by atoms with Gasteiger partial charge in [0, 0.05) is 16.8 Å². The number of hydrogen-bond acceptors (Lipinski definition) is 4. The first-order valence-corrected chi connectivity index (χ1v) is 8.18. The van der Waals surface area contributed by atoms with Crippen LogP contribution in [-0.4, -0.2) is 15.9 Å². The van der Waals surface area contributed by atoms with Crippen molar-refractivity contribution < 1.29 is 4.79 Å². The molecule has 23 heavy (non-hydrogen) atoms. The van der Waals surface area contributed by atoms with E-state index in [1.807, 2.05) is 56.3 Å². The summed E-state index contributed by atoms with van der Waals surface area (Å²) in [6.45, 7) is 3.91. The number of carbonyl (C=O) groups is 1. The van der Waals surface area contributed by atoms with Gasteiger partial charge in [-0.25, -0.2) is 4.98 Å². The van der Waals surface area contributed by atoms with E-state index < -0.39 is 0 Å². The smallest absolute Gasteiger partial charge is 0.229 e. The third-order valence-corrected chi connectivity index (χ3v) is 4.70. The second-order valence-electron chi connectivity index (χ2n) is 5.28. The molecule has 3 aromatic rings. The number of thiazole rings is 1. The Kier molecular flexibility index (Phi) is 4.48.